The number of piperidine rings is 1. The van der Waals surface area contributed by atoms with Gasteiger partial charge in [-0.3, -0.25) is 9.89 Å². The molecule has 1 saturated heterocycles. The van der Waals surface area contributed by atoms with Gasteiger partial charge in [0.15, 0.2) is 5.96 Å². The van der Waals surface area contributed by atoms with Crippen molar-refractivity contribution < 1.29 is 9.53 Å². The van der Waals surface area contributed by atoms with Crippen LogP contribution in [0.3, 0.4) is 0 Å². The second-order valence-corrected chi connectivity index (χ2v) is 9.41. The largest absolute Gasteiger partial charge is 0.444 e. The normalized spacial score (nSPS) is 16.6. The lowest BCUT2D eigenvalue weighted by atomic mass is 10.0. The molecule has 0 radical (unpaired) electrons. The molecule has 0 saturated carbocycles. The van der Waals surface area contributed by atoms with Gasteiger partial charge in [0, 0.05) is 52.4 Å². The summed E-state index contributed by atoms with van der Waals surface area (Å²) in [7, 11) is 3.59. The van der Waals surface area contributed by atoms with Crippen LogP contribution in [0.4, 0.5) is 4.79 Å². The Hall–Kier alpha value is -1.55. The molecule has 1 aromatic rings. The van der Waals surface area contributed by atoms with Crippen LogP contribution in [-0.2, 0) is 11.3 Å². The van der Waals surface area contributed by atoms with E-state index < -0.39 is 5.60 Å². The standard InChI is InChI=1S/C24H41N5O2.HI/c1-19(28(6)23(30)31-24(2,3)4)12-15-26-22(25-5)27-21-13-16-29(17-14-21)18-20-10-8-7-9-11-20;/h7-11,19,21H,12-18H2,1-6H3,(H2,25,26,27);1H. The highest BCUT2D eigenvalue weighted by atomic mass is 127. The number of carbonyl (C=O) groups excluding carboxylic acids is 1. The number of ether oxygens (including phenoxy) is 1. The Kier molecular flexibility index (Phi) is 12.3. The first-order chi connectivity index (χ1) is 14.7. The van der Waals surface area contributed by atoms with Gasteiger partial charge in [0.05, 0.1) is 0 Å². The summed E-state index contributed by atoms with van der Waals surface area (Å²) in [5, 5.41) is 6.94. The van der Waals surface area contributed by atoms with E-state index in [0.717, 1.165) is 51.4 Å². The smallest absolute Gasteiger partial charge is 0.410 e. The lowest BCUT2D eigenvalue weighted by Crippen LogP contribution is -2.49. The van der Waals surface area contributed by atoms with E-state index in [1.807, 2.05) is 27.7 Å². The molecule has 1 aliphatic heterocycles. The van der Waals surface area contributed by atoms with Gasteiger partial charge < -0.3 is 20.3 Å². The SMILES string of the molecule is CN=C(NCCC(C)N(C)C(=O)OC(C)(C)C)NC1CCN(Cc2ccccc2)CC1.I. The van der Waals surface area contributed by atoms with Gasteiger partial charge >= 0.3 is 6.09 Å². The maximum Gasteiger partial charge on any atom is 0.410 e. The number of hydrogen-bond acceptors (Lipinski definition) is 4. The number of nitrogens with one attached hydrogen (secondary N) is 2. The van der Waals surface area contributed by atoms with E-state index in [9.17, 15) is 4.79 Å². The van der Waals surface area contributed by atoms with Crippen molar-refractivity contribution in [1.29, 1.82) is 0 Å². The lowest BCUT2D eigenvalue weighted by molar-refractivity contribution is 0.0230. The Morgan fingerprint density at radius 2 is 1.88 bits per heavy atom. The maximum absolute atomic E-state index is 12.2. The summed E-state index contributed by atoms with van der Waals surface area (Å²) in [5.74, 6) is 0.827. The first-order valence-electron chi connectivity index (χ1n) is 11.4. The van der Waals surface area contributed by atoms with Gasteiger partial charge in [-0.1, -0.05) is 30.3 Å². The molecule has 1 unspecified atom stereocenters. The molecule has 0 spiro atoms. The summed E-state index contributed by atoms with van der Waals surface area (Å²) in [4.78, 5) is 20.7. The number of amides is 1. The molecule has 32 heavy (non-hydrogen) atoms. The fraction of sp³-hybridized carbons (Fsp3) is 0.667. The van der Waals surface area contributed by atoms with Crippen molar-refractivity contribution in [2.24, 2.45) is 4.99 Å². The van der Waals surface area contributed by atoms with Crippen LogP contribution >= 0.6 is 24.0 Å². The summed E-state index contributed by atoms with van der Waals surface area (Å²) in [6.07, 6.45) is 2.73. The highest BCUT2D eigenvalue weighted by Gasteiger charge is 2.23. The average Bonchev–Trinajstić information content (AvgIpc) is 2.73. The molecule has 1 atom stereocenters. The quantitative estimate of drug-likeness (QED) is 0.300. The molecule has 1 aliphatic rings. The van der Waals surface area contributed by atoms with Crippen molar-refractivity contribution in [3.05, 3.63) is 35.9 Å². The molecule has 1 aromatic carbocycles. The molecule has 2 rings (SSSR count). The fourth-order valence-corrected chi connectivity index (χ4v) is 3.57. The van der Waals surface area contributed by atoms with Gasteiger partial charge in [-0.15, -0.1) is 24.0 Å². The number of benzene rings is 1. The molecule has 1 fully saturated rings. The first kappa shape index (κ1) is 28.5. The second kappa shape index (κ2) is 13.9. The van der Waals surface area contributed by atoms with Crippen molar-refractivity contribution in [3.8, 4) is 0 Å². The molecule has 0 aromatic heterocycles. The van der Waals surface area contributed by atoms with E-state index in [-0.39, 0.29) is 36.1 Å². The van der Waals surface area contributed by atoms with Crippen LogP contribution in [0.1, 0.15) is 52.5 Å². The maximum atomic E-state index is 12.2. The molecule has 7 nitrogen and oxygen atoms in total. The summed E-state index contributed by atoms with van der Waals surface area (Å²) in [5.41, 5.74) is 0.892. The number of halogens is 1. The molecule has 8 heteroatoms. The number of rotatable bonds is 7. The Bertz CT molecular complexity index is 700. The van der Waals surface area contributed by atoms with Crippen LogP contribution in [0, 0.1) is 0 Å². The van der Waals surface area contributed by atoms with Gasteiger partial charge in [-0.2, -0.15) is 0 Å². The van der Waals surface area contributed by atoms with Gasteiger partial charge in [0.2, 0.25) is 0 Å². The molecular formula is C24H42IN5O2. The predicted molar refractivity (Wildman–Crippen MR) is 143 cm³/mol. The molecule has 0 bridgehead atoms. The monoisotopic (exact) mass is 559 g/mol. The van der Waals surface area contributed by atoms with Crippen molar-refractivity contribution in [3.63, 3.8) is 0 Å². The van der Waals surface area contributed by atoms with E-state index in [1.54, 1.807) is 19.0 Å². The van der Waals surface area contributed by atoms with Crippen LogP contribution in [0.2, 0.25) is 0 Å². The molecule has 1 heterocycles. The number of nitrogens with zero attached hydrogens (tertiary/aromatic N) is 3. The van der Waals surface area contributed by atoms with Gasteiger partial charge in [-0.05, 0) is 52.5 Å². The van der Waals surface area contributed by atoms with Crippen LogP contribution < -0.4 is 10.6 Å². The van der Waals surface area contributed by atoms with E-state index in [1.165, 1.54) is 5.56 Å². The minimum absolute atomic E-state index is 0. The average molecular weight is 560 g/mol. The van der Waals surface area contributed by atoms with E-state index >= 15 is 0 Å². The van der Waals surface area contributed by atoms with Crippen molar-refractivity contribution in [2.45, 2.75) is 71.2 Å². The van der Waals surface area contributed by atoms with Crippen molar-refractivity contribution in [2.75, 3.05) is 33.7 Å². The van der Waals surface area contributed by atoms with E-state index in [2.05, 4.69) is 50.9 Å². The Morgan fingerprint density at radius 1 is 1.25 bits per heavy atom. The molecule has 182 valence electrons. The predicted octanol–water partition coefficient (Wildman–Crippen LogP) is 4.08. The zero-order valence-corrected chi connectivity index (χ0v) is 22.9. The van der Waals surface area contributed by atoms with Crippen molar-refractivity contribution in [1.82, 2.24) is 20.4 Å². The molecular weight excluding hydrogens is 517 g/mol. The molecule has 2 N–H and O–H groups in total. The molecule has 1 amide bonds. The second-order valence-electron chi connectivity index (χ2n) is 9.41. The van der Waals surface area contributed by atoms with Crippen LogP contribution in [-0.4, -0.2) is 73.3 Å². The topological polar surface area (TPSA) is 69.2 Å². The van der Waals surface area contributed by atoms with Gasteiger partial charge in [-0.25, -0.2) is 4.79 Å². The third-order valence-electron chi connectivity index (χ3n) is 5.60. The highest BCUT2D eigenvalue weighted by molar-refractivity contribution is 14.0. The summed E-state index contributed by atoms with van der Waals surface area (Å²) < 4.78 is 5.44. The third kappa shape index (κ3) is 10.4. The highest BCUT2D eigenvalue weighted by Crippen LogP contribution is 2.14. The summed E-state index contributed by atoms with van der Waals surface area (Å²) in [6, 6.07) is 11.2. The Labute approximate surface area is 211 Å². The number of hydrogen-bond donors (Lipinski definition) is 2. The Balaban J connectivity index is 0.00000512. The van der Waals surface area contributed by atoms with Gasteiger partial charge in [0.1, 0.15) is 5.60 Å². The zero-order valence-electron chi connectivity index (χ0n) is 20.6. The number of guanidine groups is 1. The minimum atomic E-state index is -0.480. The van der Waals surface area contributed by atoms with Crippen molar-refractivity contribution >= 4 is 36.0 Å². The third-order valence-corrected chi connectivity index (χ3v) is 5.60. The number of aliphatic imine (C=N–C) groups is 1. The van der Waals surface area contributed by atoms with Crippen LogP contribution in [0.5, 0.6) is 0 Å². The first-order valence-corrected chi connectivity index (χ1v) is 11.4. The lowest BCUT2D eigenvalue weighted by Gasteiger charge is -2.33. The summed E-state index contributed by atoms with van der Waals surface area (Å²) in [6.45, 7) is 11.6. The zero-order chi connectivity index (χ0) is 22.9. The van der Waals surface area contributed by atoms with E-state index in [4.69, 9.17) is 4.74 Å². The molecule has 0 aliphatic carbocycles. The Morgan fingerprint density at radius 3 is 2.44 bits per heavy atom. The number of carbonyl (C=O) groups is 1. The van der Waals surface area contributed by atoms with Gasteiger partial charge in [0.25, 0.3) is 0 Å². The van der Waals surface area contributed by atoms with Crippen LogP contribution in [0.25, 0.3) is 0 Å². The summed E-state index contributed by atoms with van der Waals surface area (Å²) >= 11 is 0. The minimum Gasteiger partial charge on any atom is -0.444 e. The van der Waals surface area contributed by atoms with E-state index in [0.29, 0.717) is 6.04 Å². The fourth-order valence-electron chi connectivity index (χ4n) is 3.57. The van der Waals surface area contributed by atoms with Crippen LogP contribution in [0.15, 0.2) is 35.3 Å². The number of likely N-dealkylation sites (tertiary alicyclic amines) is 1.